The molecule has 6 nitrogen and oxygen atoms in total. The number of aliphatic hydroxyl groups is 1. The van der Waals surface area contributed by atoms with Crippen LogP contribution < -0.4 is 9.64 Å². The van der Waals surface area contributed by atoms with Crippen LogP contribution in [0.3, 0.4) is 0 Å². The monoisotopic (exact) mass is 494 g/mol. The second kappa shape index (κ2) is 9.62. The molecule has 188 valence electrons. The maximum Gasteiger partial charge on any atom is 0.300 e. The molecule has 1 saturated heterocycles. The van der Waals surface area contributed by atoms with Gasteiger partial charge in [-0.05, 0) is 63.1 Å². The Labute approximate surface area is 216 Å². The molecule has 2 heterocycles. The lowest BCUT2D eigenvalue weighted by Crippen LogP contribution is -2.29. The molecular weight excluding hydrogens is 464 g/mol. The summed E-state index contributed by atoms with van der Waals surface area (Å²) in [5.41, 5.74) is 4.71. The smallest absolute Gasteiger partial charge is 0.300 e. The Hall–Kier alpha value is -4.32. The lowest BCUT2D eigenvalue weighted by atomic mass is 9.93. The van der Waals surface area contributed by atoms with Gasteiger partial charge in [0.2, 0.25) is 0 Å². The fraction of sp³-hybridized carbons (Fsp3) is 0.226. The van der Waals surface area contributed by atoms with Gasteiger partial charge in [-0.25, -0.2) is 0 Å². The van der Waals surface area contributed by atoms with Crippen molar-refractivity contribution in [2.75, 3.05) is 4.90 Å². The third-order valence-electron chi connectivity index (χ3n) is 6.76. The molecule has 0 bridgehead atoms. The van der Waals surface area contributed by atoms with Crippen LogP contribution in [-0.2, 0) is 16.0 Å². The number of para-hydroxylation sites is 1. The normalized spacial score (nSPS) is 17.2. The number of nitrogens with one attached hydrogen (secondary N) is 1. The number of aliphatic hydroxyl groups excluding tert-OH is 1. The van der Waals surface area contributed by atoms with Crippen LogP contribution in [0.2, 0.25) is 0 Å². The zero-order valence-electron chi connectivity index (χ0n) is 21.4. The molecule has 1 fully saturated rings. The van der Waals surface area contributed by atoms with Gasteiger partial charge in [-0.3, -0.25) is 14.5 Å². The summed E-state index contributed by atoms with van der Waals surface area (Å²) in [7, 11) is 0. The quantitative estimate of drug-likeness (QED) is 0.183. The Morgan fingerprint density at radius 3 is 2.46 bits per heavy atom. The molecule has 0 spiro atoms. The van der Waals surface area contributed by atoms with Crippen molar-refractivity contribution < 1.29 is 19.4 Å². The van der Waals surface area contributed by atoms with Gasteiger partial charge in [0.25, 0.3) is 11.7 Å². The van der Waals surface area contributed by atoms with E-state index >= 15 is 0 Å². The highest BCUT2D eigenvalue weighted by Gasteiger charge is 2.48. The van der Waals surface area contributed by atoms with Crippen LogP contribution in [0.4, 0.5) is 5.69 Å². The van der Waals surface area contributed by atoms with Crippen LogP contribution in [0.15, 0.2) is 78.4 Å². The van der Waals surface area contributed by atoms with Crippen LogP contribution in [0.5, 0.6) is 5.75 Å². The molecule has 1 amide bonds. The van der Waals surface area contributed by atoms with Gasteiger partial charge in [-0.15, -0.1) is 0 Å². The van der Waals surface area contributed by atoms with Crippen LogP contribution >= 0.6 is 0 Å². The minimum absolute atomic E-state index is 0.0528. The molecule has 0 saturated carbocycles. The average Bonchev–Trinajstić information content (AvgIpc) is 3.35. The van der Waals surface area contributed by atoms with Crippen LogP contribution in [0.25, 0.3) is 16.7 Å². The Morgan fingerprint density at radius 1 is 1.03 bits per heavy atom. The maximum absolute atomic E-state index is 13.6. The molecule has 1 unspecified atom stereocenters. The van der Waals surface area contributed by atoms with Gasteiger partial charge >= 0.3 is 0 Å². The fourth-order valence-corrected chi connectivity index (χ4v) is 5.06. The molecule has 1 aliphatic rings. The summed E-state index contributed by atoms with van der Waals surface area (Å²) in [4.78, 5) is 32.0. The zero-order chi connectivity index (χ0) is 26.3. The van der Waals surface area contributed by atoms with Crippen molar-refractivity contribution in [1.29, 1.82) is 0 Å². The number of aromatic nitrogens is 1. The first kappa shape index (κ1) is 24.4. The first-order valence-electron chi connectivity index (χ1n) is 12.5. The number of nitrogens with zero attached hydrogens (tertiary/aromatic N) is 1. The van der Waals surface area contributed by atoms with Crippen molar-refractivity contribution >= 4 is 34.0 Å². The molecule has 5 rings (SSSR count). The summed E-state index contributed by atoms with van der Waals surface area (Å²) in [6, 6.07) is 21.6. The van der Waals surface area contributed by atoms with Crippen molar-refractivity contribution in [2.24, 2.45) is 0 Å². The summed E-state index contributed by atoms with van der Waals surface area (Å²) >= 11 is 0. The van der Waals surface area contributed by atoms with Crippen molar-refractivity contribution in [3.8, 4) is 5.75 Å². The standard InChI is InChI=1S/C31H30N2O4/c1-5-20-13-15-22(16-14-20)33-28(26-19(4)32-25-12-7-6-11-24(25)26)27(30(35)31(33)36)29(34)21-9-8-10-23(17-21)37-18(2)3/h6-18,28,32,34H,5H2,1-4H3/b29-27+. The third-order valence-corrected chi connectivity index (χ3v) is 6.76. The lowest BCUT2D eigenvalue weighted by Gasteiger charge is -2.26. The van der Waals surface area contributed by atoms with Gasteiger partial charge in [-0.2, -0.15) is 0 Å². The molecule has 3 aromatic carbocycles. The van der Waals surface area contributed by atoms with Gasteiger partial charge in [0, 0.05) is 33.4 Å². The van der Waals surface area contributed by atoms with Crippen LogP contribution in [0.1, 0.15) is 49.2 Å². The molecular formula is C31H30N2O4. The van der Waals surface area contributed by atoms with E-state index in [1.165, 1.54) is 4.90 Å². The van der Waals surface area contributed by atoms with Crippen molar-refractivity contribution in [3.05, 3.63) is 101 Å². The van der Waals surface area contributed by atoms with Crippen molar-refractivity contribution in [1.82, 2.24) is 4.98 Å². The van der Waals surface area contributed by atoms with E-state index in [-0.39, 0.29) is 17.4 Å². The van der Waals surface area contributed by atoms with E-state index in [2.05, 4.69) is 11.9 Å². The van der Waals surface area contributed by atoms with Gasteiger partial charge < -0.3 is 14.8 Å². The van der Waals surface area contributed by atoms with E-state index in [0.29, 0.717) is 17.0 Å². The van der Waals surface area contributed by atoms with E-state index in [4.69, 9.17) is 4.74 Å². The number of ether oxygens (including phenoxy) is 1. The Kier molecular flexibility index (Phi) is 6.34. The highest BCUT2D eigenvalue weighted by atomic mass is 16.5. The summed E-state index contributed by atoms with van der Waals surface area (Å²) in [6.07, 6.45) is 0.807. The number of carbonyl (C=O) groups excluding carboxylic acids is 2. The first-order chi connectivity index (χ1) is 17.8. The number of aryl methyl sites for hydroxylation is 2. The SMILES string of the molecule is CCc1ccc(N2C(=O)C(=O)/C(=C(/O)c3cccc(OC(C)C)c3)C2c2c(C)[nH]c3ccccc23)cc1. The lowest BCUT2D eigenvalue weighted by molar-refractivity contribution is -0.132. The highest BCUT2D eigenvalue weighted by Crippen LogP contribution is 2.45. The highest BCUT2D eigenvalue weighted by molar-refractivity contribution is 6.52. The first-order valence-corrected chi connectivity index (χ1v) is 12.5. The number of H-pyrrole nitrogens is 1. The number of anilines is 1. The predicted molar refractivity (Wildman–Crippen MR) is 146 cm³/mol. The van der Waals surface area contributed by atoms with Gasteiger partial charge in [0.05, 0.1) is 17.7 Å². The summed E-state index contributed by atoms with van der Waals surface area (Å²) in [5, 5.41) is 12.5. The molecule has 4 aromatic rings. The molecule has 1 aromatic heterocycles. The third kappa shape index (κ3) is 4.29. The number of ketones is 1. The fourth-order valence-electron chi connectivity index (χ4n) is 5.06. The number of Topliss-reactive ketones (excluding diaryl/α,β-unsaturated/α-hetero) is 1. The van der Waals surface area contributed by atoms with Gasteiger partial charge in [-0.1, -0.05) is 49.4 Å². The largest absolute Gasteiger partial charge is 0.507 e. The minimum Gasteiger partial charge on any atom is -0.507 e. The average molecular weight is 495 g/mol. The number of hydrogen-bond donors (Lipinski definition) is 2. The predicted octanol–water partition coefficient (Wildman–Crippen LogP) is 6.45. The van der Waals surface area contributed by atoms with E-state index in [0.717, 1.165) is 34.1 Å². The molecule has 2 N–H and O–H groups in total. The zero-order valence-corrected chi connectivity index (χ0v) is 21.4. The molecule has 37 heavy (non-hydrogen) atoms. The maximum atomic E-state index is 13.6. The van der Waals surface area contributed by atoms with Gasteiger partial charge in [0.1, 0.15) is 11.5 Å². The number of aromatic amines is 1. The number of rotatable bonds is 6. The summed E-state index contributed by atoms with van der Waals surface area (Å²) in [5.74, 6) is -1.05. The number of fused-ring (bicyclic) bond motifs is 1. The van der Waals surface area contributed by atoms with E-state index in [1.54, 1.807) is 24.3 Å². The number of amides is 1. The summed E-state index contributed by atoms with van der Waals surface area (Å²) in [6.45, 7) is 7.82. The molecule has 1 aliphatic heterocycles. The number of carbonyl (C=O) groups is 2. The van der Waals surface area contributed by atoms with E-state index < -0.39 is 17.7 Å². The van der Waals surface area contributed by atoms with Crippen molar-refractivity contribution in [2.45, 2.75) is 46.3 Å². The Morgan fingerprint density at radius 2 is 1.76 bits per heavy atom. The van der Waals surface area contributed by atoms with Gasteiger partial charge in [0.15, 0.2) is 0 Å². The molecule has 0 aliphatic carbocycles. The molecule has 6 heteroatoms. The molecule has 1 atom stereocenters. The van der Waals surface area contributed by atoms with Crippen LogP contribution in [0, 0.1) is 6.92 Å². The Balaban J connectivity index is 1.75. The second-order valence-corrected chi connectivity index (χ2v) is 9.59. The van der Waals surface area contributed by atoms with E-state index in [1.807, 2.05) is 69.3 Å². The number of benzene rings is 3. The topological polar surface area (TPSA) is 82.6 Å². The molecule has 0 radical (unpaired) electrons. The Bertz CT molecular complexity index is 1530. The second-order valence-electron chi connectivity index (χ2n) is 9.59. The van der Waals surface area contributed by atoms with E-state index in [9.17, 15) is 14.7 Å². The van der Waals surface area contributed by atoms with Crippen LogP contribution in [-0.4, -0.2) is 27.9 Å². The van der Waals surface area contributed by atoms with Crippen molar-refractivity contribution in [3.63, 3.8) is 0 Å². The number of hydrogen-bond acceptors (Lipinski definition) is 4. The summed E-state index contributed by atoms with van der Waals surface area (Å²) < 4.78 is 5.80. The minimum atomic E-state index is -0.807.